The topological polar surface area (TPSA) is 69.8 Å². The first-order valence-corrected chi connectivity index (χ1v) is 8.19. The molecule has 1 aliphatic heterocycles. The third kappa shape index (κ3) is 3.37. The van der Waals surface area contributed by atoms with Crippen molar-refractivity contribution in [3.8, 4) is 10.6 Å². The van der Waals surface area contributed by atoms with Crippen molar-refractivity contribution < 1.29 is 14.3 Å². The van der Waals surface area contributed by atoms with E-state index in [1.54, 1.807) is 22.4 Å². The Morgan fingerprint density at radius 1 is 1.45 bits per heavy atom. The van der Waals surface area contributed by atoms with Crippen LogP contribution < -0.4 is 0 Å². The molecule has 0 aliphatic carbocycles. The van der Waals surface area contributed by atoms with E-state index in [-0.39, 0.29) is 5.91 Å². The Labute approximate surface area is 133 Å². The van der Waals surface area contributed by atoms with Gasteiger partial charge in [-0.1, -0.05) is 6.07 Å². The first-order valence-electron chi connectivity index (χ1n) is 7.31. The summed E-state index contributed by atoms with van der Waals surface area (Å²) in [5.41, 5.74) is 0. The van der Waals surface area contributed by atoms with Crippen molar-refractivity contribution in [3.05, 3.63) is 29.6 Å². The molecule has 1 amide bonds. The highest BCUT2D eigenvalue weighted by molar-refractivity contribution is 7.13. The molecule has 118 valence electrons. The maximum Gasteiger partial charge on any atom is 0.251 e. The van der Waals surface area contributed by atoms with Gasteiger partial charge in [0.25, 0.3) is 5.91 Å². The van der Waals surface area contributed by atoms with Crippen LogP contribution in [0.25, 0.3) is 10.6 Å². The van der Waals surface area contributed by atoms with Crippen LogP contribution in [0.15, 0.2) is 28.1 Å². The Hall–Kier alpha value is -1.70. The molecule has 1 aliphatic rings. The van der Waals surface area contributed by atoms with Gasteiger partial charge in [0.15, 0.2) is 5.76 Å². The molecular formula is C15H19N3O3S. The predicted octanol–water partition coefficient (Wildman–Crippen LogP) is 1.43. The van der Waals surface area contributed by atoms with Crippen LogP contribution in [0.4, 0.5) is 0 Å². The first kappa shape index (κ1) is 15.2. The number of thiophene rings is 1. The normalized spacial score (nSPS) is 17.6. The highest BCUT2D eigenvalue weighted by Crippen LogP contribution is 2.25. The fourth-order valence-corrected chi connectivity index (χ4v) is 3.17. The number of amides is 1. The van der Waals surface area contributed by atoms with E-state index in [4.69, 9.17) is 4.42 Å². The molecule has 1 atom stereocenters. The molecule has 3 rings (SSSR count). The Morgan fingerprint density at radius 3 is 2.86 bits per heavy atom. The number of hydrogen-bond donors (Lipinski definition) is 1. The fraction of sp³-hybridized carbons (Fsp3) is 0.467. The van der Waals surface area contributed by atoms with Crippen LogP contribution in [-0.2, 0) is 11.3 Å². The van der Waals surface area contributed by atoms with E-state index in [1.165, 1.54) is 6.92 Å². The van der Waals surface area contributed by atoms with Crippen LogP contribution in [0.5, 0.6) is 0 Å². The van der Waals surface area contributed by atoms with E-state index < -0.39 is 6.10 Å². The second-order valence-electron chi connectivity index (χ2n) is 5.37. The summed E-state index contributed by atoms with van der Waals surface area (Å²) in [5.74, 6) is 1.29. The van der Waals surface area contributed by atoms with Crippen LogP contribution in [0.1, 0.15) is 12.8 Å². The van der Waals surface area contributed by atoms with Crippen molar-refractivity contribution in [2.75, 3.05) is 26.2 Å². The van der Waals surface area contributed by atoms with Gasteiger partial charge in [0.05, 0.1) is 17.6 Å². The highest BCUT2D eigenvalue weighted by atomic mass is 32.1. The van der Waals surface area contributed by atoms with Crippen LogP contribution in [0.3, 0.4) is 0 Å². The van der Waals surface area contributed by atoms with Gasteiger partial charge in [-0.05, 0) is 18.4 Å². The largest absolute Gasteiger partial charge is 0.438 e. The summed E-state index contributed by atoms with van der Waals surface area (Å²) in [5, 5.41) is 11.3. The van der Waals surface area contributed by atoms with Gasteiger partial charge in [-0.25, -0.2) is 4.98 Å². The summed E-state index contributed by atoms with van der Waals surface area (Å²) in [6.45, 7) is 4.92. The van der Waals surface area contributed by atoms with E-state index in [0.29, 0.717) is 25.5 Å². The molecule has 1 saturated heterocycles. The van der Waals surface area contributed by atoms with Gasteiger partial charge in [-0.3, -0.25) is 9.69 Å². The Bertz CT molecular complexity index is 616. The average molecular weight is 321 g/mol. The molecule has 7 heteroatoms. The van der Waals surface area contributed by atoms with Gasteiger partial charge >= 0.3 is 0 Å². The number of aliphatic hydroxyl groups is 1. The molecule has 0 aromatic carbocycles. The second kappa shape index (κ2) is 6.60. The van der Waals surface area contributed by atoms with Gasteiger partial charge in [-0.15, -0.1) is 11.3 Å². The number of rotatable bonds is 4. The van der Waals surface area contributed by atoms with E-state index in [2.05, 4.69) is 9.88 Å². The van der Waals surface area contributed by atoms with Crippen molar-refractivity contribution in [1.29, 1.82) is 0 Å². The van der Waals surface area contributed by atoms with E-state index in [1.807, 2.05) is 17.5 Å². The van der Waals surface area contributed by atoms with E-state index >= 15 is 0 Å². The number of nitrogens with zero attached hydrogens (tertiary/aromatic N) is 3. The summed E-state index contributed by atoms with van der Waals surface area (Å²) in [7, 11) is 0. The third-order valence-electron chi connectivity index (χ3n) is 3.72. The molecule has 0 saturated carbocycles. The zero-order chi connectivity index (χ0) is 15.5. The summed E-state index contributed by atoms with van der Waals surface area (Å²) in [6.07, 6.45) is 0.834. The van der Waals surface area contributed by atoms with E-state index in [0.717, 1.165) is 23.7 Å². The molecule has 2 aromatic heterocycles. The lowest BCUT2D eigenvalue weighted by molar-refractivity contribution is -0.141. The fourth-order valence-electron chi connectivity index (χ4n) is 2.50. The Kier molecular flexibility index (Phi) is 4.56. The molecule has 0 radical (unpaired) electrons. The van der Waals surface area contributed by atoms with Gasteiger partial charge < -0.3 is 14.4 Å². The molecule has 1 fully saturated rings. The number of piperazine rings is 1. The molecule has 3 heterocycles. The van der Waals surface area contributed by atoms with Crippen molar-refractivity contribution in [3.63, 3.8) is 0 Å². The number of carbonyl (C=O) groups excluding carboxylic acids is 1. The van der Waals surface area contributed by atoms with Crippen LogP contribution in [-0.4, -0.2) is 58.1 Å². The van der Waals surface area contributed by atoms with Gasteiger partial charge in [0.2, 0.25) is 5.89 Å². The molecule has 0 spiro atoms. The Balaban J connectivity index is 1.54. The summed E-state index contributed by atoms with van der Waals surface area (Å²) in [6, 6.07) is 4.00. The molecular weight excluding hydrogens is 302 g/mol. The van der Waals surface area contributed by atoms with E-state index in [9.17, 15) is 9.90 Å². The van der Waals surface area contributed by atoms with Crippen molar-refractivity contribution >= 4 is 17.2 Å². The third-order valence-corrected chi connectivity index (χ3v) is 4.60. The highest BCUT2D eigenvalue weighted by Gasteiger charge is 2.24. The average Bonchev–Trinajstić information content (AvgIpc) is 3.18. The molecule has 0 bridgehead atoms. The van der Waals surface area contributed by atoms with Gasteiger partial charge in [0, 0.05) is 26.2 Å². The smallest absolute Gasteiger partial charge is 0.251 e. The molecule has 1 N–H and O–H groups in total. The lowest BCUT2D eigenvalue weighted by Gasteiger charge is -2.34. The summed E-state index contributed by atoms with van der Waals surface area (Å²) >= 11 is 1.63. The van der Waals surface area contributed by atoms with Gasteiger partial charge in [0.1, 0.15) is 6.10 Å². The van der Waals surface area contributed by atoms with Crippen molar-refractivity contribution in [1.82, 2.24) is 14.8 Å². The minimum absolute atomic E-state index is 0.198. The molecule has 6 nitrogen and oxygen atoms in total. The van der Waals surface area contributed by atoms with Crippen molar-refractivity contribution in [2.24, 2.45) is 0 Å². The maximum atomic E-state index is 11.7. The molecule has 22 heavy (non-hydrogen) atoms. The first-order chi connectivity index (χ1) is 10.6. The zero-order valence-electron chi connectivity index (χ0n) is 12.4. The minimum Gasteiger partial charge on any atom is -0.438 e. The number of oxazole rings is 1. The minimum atomic E-state index is -0.924. The number of hydrogen-bond acceptors (Lipinski definition) is 6. The summed E-state index contributed by atoms with van der Waals surface area (Å²) < 4.78 is 5.78. The lowest BCUT2D eigenvalue weighted by Crippen LogP contribution is -2.50. The maximum absolute atomic E-state index is 11.7. The zero-order valence-corrected chi connectivity index (χ0v) is 13.3. The van der Waals surface area contributed by atoms with Crippen molar-refractivity contribution in [2.45, 2.75) is 19.6 Å². The molecule has 2 aromatic rings. The number of aliphatic hydroxyl groups excluding tert-OH is 1. The van der Waals surface area contributed by atoms with Crippen LogP contribution in [0.2, 0.25) is 0 Å². The second-order valence-corrected chi connectivity index (χ2v) is 6.32. The monoisotopic (exact) mass is 321 g/mol. The van der Waals surface area contributed by atoms with Crippen LogP contribution >= 0.6 is 11.3 Å². The van der Waals surface area contributed by atoms with Crippen LogP contribution in [0, 0.1) is 0 Å². The SMILES string of the molecule is CC(O)C(=O)N1CCN(Cc2ncc(-c3cccs3)o2)CC1. The number of aromatic nitrogens is 1. The number of carbonyl (C=O) groups is 1. The molecule has 1 unspecified atom stereocenters. The predicted molar refractivity (Wildman–Crippen MR) is 83.4 cm³/mol. The quantitative estimate of drug-likeness (QED) is 0.922. The Morgan fingerprint density at radius 2 is 2.23 bits per heavy atom. The summed E-state index contributed by atoms with van der Waals surface area (Å²) in [4.78, 5) is 21.0. The standard InChI is InChI=1S/C15H19N3O3S/c1-11(19)15(20)18-6-4-17(5-7-18)10-14-16-9-12(21-14)13-3-2-8-22-13/h2-3,8-9,11,19H,4-7,10H2,1H3. The van der Waals surface area contributed by atoms with Gasteiger partial charge in [-0.2, -0.15) is 0 Å². The lowest BCUT2D eigenvalue weighted by atomic mass is 10.2.